The highest BCUT2D eigenvalue weighted by molar-refractivity contribution is 5.78. The van der Waals surface area contributed by atoms with Crippen molar-refractivity contribution in [3.8, 4) is 0 Å². The van der Waals surface area contributed by atoms with Crippen molar-refractivity contribution in [3.63, 3.8) is 0 Å². The van der Waals surface area contributed by atoms with Crippen LogP contribution in [-0.4, -0.2) is 23.2 Å². The van der Waals surface area contributed by atoms with E-state index in [1.165, 1.54) is 0 Å². The molecular weight excluding hydrogens is 242 g/mol. The summed E-state index contributed by atoms with van der Waals surface area (Å²) in [6, 6.07) is 7.98. The highest BCUT2D eigenvalue weighted by Crippen LogP contribution is 2.27. The lowest BCUT2D eigenvalue weighted by atomic mass is 9.91. The third kappa shape index (κ3) is 2.96. The molecule has 19 heavy (non-hydrogen) atoms. The average Bonchev–Trinajstić information content (AvgIpc) is 2.39. The molecule has 0 aliphatic carbocycles. The molecule has 1 aromatic carbocycles. The van der Waals surface area contributed by atoms with Gasteiger partial charge in [0.25, 0.3) is 0 Å². The normalized spacial score (nSPS) is 21.5. The molecule has 0 amide bonds. The van der Waals surface area contributed by atoms with E-state index in [9.17, 15) is 9.90 Å². The Kier molecular flexibility index (Phi) is 4.22. The Morgan fingerprint density at radius 2 is 2.26 bits per heavy atom. The average molecular weight is 263 g/mol. The van der Waals surface area contributed by atoms with Gasteiger partial charge < -0.3 is 9.84 Å². The lowest BCUT2D eigenvalue weighted by molar-refractivity contribution is -0.145. The van der Waals surface area contributed by atoms with Gasteiger partial charge in [0, 0.05) is 0 Å². The van der Waals surface area contributed by atoms with Crippen molar-refractivity contribution in [1.29, 1.82) is 0 Å². The Morgan fingerprint density at radius 1 is 1.53 bits per heavy atom. The number of rotatable bonds is 5. The van der Waals surface area contributed by atoms with Crippen molar-refractivity contribution in [3.05, 3.63) is 35.4 Å². The number of hydrogen-bond donors (Lipinski definition) is 2. The lowest BCUT2D eigenvalue weighted by Crippen LogP contribution is -2.52. The third-order valence-electron chi connectivity index (χ3n) is 3.69. The second kappa shape index (κ2) is 5.72. The summed E-state index contributed by atoms with van der Waals surface area (Å²) < 4.78 is 5.56. The van der Waals surface area contributed by atoms with Crippen LogP contribution in [0.2, 0.25) is 0 Å². The van der Waals surface area contributed by atoms with Crippen LogP contribution in [0.1, 0.15) is 43.9 Å². The number of aliphatic carboxylic acids is 1. The number of fused-ring (bicyclic) bond motifs is 1. The molecular formula is C15H21NO3. The first-order valence-corrected chi connectivity index (χ1v) is 6.73. The molecule has 0 bridgehead atoms. The number of nitrogens with one attached hydrogen (secondary N) is 1. The summed E-state index contributed by atoms with van der Waals surface area (Å²) in [5.41, 5.74) is 1.38. The number of carbonyl (C=O) groups is 1. The predicted molar refractivity (Wildman–Crippen MR) is 72.9 cm³/mol. The summed E-state index contributed by atoms with van der Waals surface area (Å²) in [5, 5.41) is 12.7. The van der Waals surface area contributed by atoms with Crippen LogP contribution >= 0.6 is 0 Å². The van der Waals surface area contributed by atoms with Gasteiger partial charge >= 0.3 is 5.97 Å². The highest BCUT2D eigenvalue weighted by atomic mass is 16.5. The maximum absolute atomic E-state index is 11.5. The van der Waals surface area contributed by atoms with Gasteiger partial charge in [-0.1, -0.05) is 37.6 Å². The molecule has 0 radical (unpaired) electrons. The van der Waals surface area contributed by atoms with Crippen molar-refractivity contribution < 1.29 is 14.6 Å². The van der Waals surface area contributed by atoms with E-state index in [-0.39, 0.29) is 6.04 Å². The topological polar surface area (TPSA) is 58.6 Å². The lowest BCUT2D eigenvalue weighted by Gasteiger charge is -2.34. The van der Waals surface area contributed by atoms with E-state index in [0.29, 0.717) is 19.6 Å². The molecule has 4 nitrogen and oxygen atoms in total. The van der Waals surface area contributed by atoms with E-state index >= 15 is 0 Å². The zero-order valence-corrected chi connectivity index (χ0v) is 11.5. The van der Waals surface area contributed by atoms with Crippen molar-refractivity contribution >= 4 is 5.97 Å². The third-order valence-corrected chi connectivity index (χ3v) is 3.69. The standard InChI is InChI=1S/C15H21NO3/c1-3-8-15(2,14(17)18)16-13-10-19-9-11-6-4-5-7-12(11)13/h4-7,13,16H,3,8-10H2,1-2H3,(H,17,18). The molecule has 0 saturated heterocycles. The maximum Gasteiger partial charge on any atom is 0.323 e. The molecule has 0 aromatic heterocycles. The van der Waals surface area contributed by atoms with Gasteiger partial charge in [-0.05, 0) is 24.5 Å². The Bertz CT molecular complexity index is 460. The predicted octanol–water partition coefficient (Wildman–Crippen LogP) is 2.49. The molecule has 2 unspecified atom stereocenters. The van der Waals surface area contributed by atoms with Crippen LogP contribution in [0.25, 0.3) is 0 Å². The molecule has 2 N–H and O–H groups in total. The van der Waals surface area contributed by atoms with E-state index in [4.69, 9.17) is 4.74 Å². The van der Waals surface area contributed by atoms with Gasteiger partial charge in [-0.2, -0.15) is 0 Å². The minimum atomic E-state index is -0.909. The van der Waals surface area contributed by atoms with Crippen molar-refractivity contribution in [1.82, 2.24) is 5.32 Å². The molecule has 2 atom stereocenters. The molecule has 1 aliphatic heterocycles. The molecule has 1 aromatic rings. The summed E-state index contributed by atoms with van der Waals surface area (Å²) in [5.74, 6) is -0.808. The van der Waals surface area contributed by atoms with Gasteiger partial charge in [-0.15, -0.1) is 0 Å². The molecule has 0 fully saturated rings. The van der Waals surface area contributed by atoms with Gasteiger partial charge in [-0.3, -0.25) is 10.1 Å². The van der Waals surface area contributed by atoms with Crippen LogP contribution in [-0.2, 0) is 16.1 Å². The molecule has 4 heteroatoms. The van der Waals surface area contributed by atoms with Gasteiger partial charge in [0.1, 0.15) is 5.54 Å². The van der Waals surface area contributed by atoms with Crippen LogP contribution < -0.4 is 5.32 Å². The maximum atomic E-state index is 11.5. The van der Waals surface area contributed by atoms with Crippen LogP contribution in [0.3, 0.4) is 0 Å². The van der Waals surface area contributed by atoms with Crippen molar-refractivity contribution in [2.24, 2.45) is 0 Å². The summed E-state index contributed by atoms with van der Waals surface area (Å²) in [6.07, 6.45) is 1.42. The monoisotopic (exact) mass is 263 g/mol. The highest BCUT2D eigenvalue weighted by Gasteiger charge is 2.36. The minimum absolute atomic E-state index is 0.0578. The summed E-state index contributed by atoms with van der Waals surface area (Å²) in [7, 11) is 0. The SMILES string of the molecule is CCCC(C)(NC1COCc2ccccc21)C(=O)O. The van der Waals surface area contributed by atoms with Crippen LogP contribution in [0, 0.1) is 0 Å². The molecule has 0 saturated carbocycles. The van der Waals surface area contributed by atoms with E-state index in [1.54, 1.807) is 6.92 Å². The second-order valence-electron chi connectivity index (χ2n) is 5.30. The van der Waals surface area contributed by atoms with E-state index < -0.39 is 11.5 Å². The summed E-state index contributed by atoms with van der Waals surface area (Å²) in [4.78, 5) is 11.5. The van der Waals surface area contributed by atoms with Gasteiger partial charge in [0.15, 0.2) is 0 Å². The van der Waals surface area contributed by atoms with Gasteiger partial charge in [0.05, 0.1) is 19.3 Å². The van der Waals surface area contributed by atoms with E-state index in [2.05, 4.69) is 5.32 Å². The van der Waals surface area contributed by atoms with Crippen molar-refractivity contribution in [2.75, 3.05) is 6.61 Å². The number of carboxylic acid groups (broad SMARTS) is 1. The zero-order valence-electron chi connectivity index (χ0n) is 11.5. The Morgan fingerprint density at radius 3 is 2.95 bits per heavy atom. The molecule has 0 spiro atoms. The quantitative estimate of drug-likeness (QED) is 0.857. The Hall–Kier alpha value is -1.39. The first-order chi connectivity index (χ1) is 9.07. The van der Waals surface area contributed by atoms with Crippen LogP contribution in [0.5, 0.6) is 0 Å². The van der Waals surface area contributed by atoms with Crippen LogP contribution in [0.15, 0.2) is 24.3 Å². The second-order valence-corrected chi connectivity index (χ2v) is 5.30. The number of benzene rings is 1. The number of hydrogen-bond acceptors (Lipinski definition) is 3. The first kappa shape index (κ1) is 14.0. The number of carboxylic acids is 1. The smallest absolute Gasteiger partial charge is 0.323 e. The zero-order chi connectivity index (χ0) is 13.9. The minimum Gasteiger partial charge on any atom is -0.480 e. The first-order valence-electron chi connectivity index (χ1n) is 6.73. The Balaban J connectivity index is 2.22. The Labute approximate surface area is 113 Å². The van der Waals surface area contributed by atoms with Gasteiger partial charge in [-0.25, -0.2) is 0 Å². The summed E-state index contributed by atoms with van der Waals surface area (Å²) >= 11 is 0. The van der Waals surface area contributed by atoms with Crippen molar-refractivity contribution in [2.45, 2.75) is 44.9 Å². The largest absolute Gasteiger partial charge is 0.480 e. The van der Waals surface area contributed by atoms with Gasteiger partial charge in [0.2, 0.25) is 0 Å². The molecule has 2 rings (SSSR count). The van der Waals surface area contributed by atoms with E-state index in [1.807, 2.05) is 31.2 Å². The fraction of sp³-hybridized carbons (Fsp3) is 0.533. The van der Waals surface area contributed by atoms with E-state index in [0.717, 1.165) is 17.5 Å². The molecule has 1 aliphatic rings. The number of ether oxygens (including phenoxy) is 1. The van der Waals surface area contributed by atoms with Crippen LogP contribution in [0.4, 0.5) is 0 Å². The summed E-state index contributed by atoms with van der Waals surface area (Å²) in [6.45, 7) is 4.86. The fourth-order valence-electron chi connectivity index (χ4n) is 2.63. The molecule has 1 heterocycles. The molecule has 104 valence electrons. The fourth-order valence-corrected chi connectivity index (χ4v) is 2.63.